The Bertz CT molecular complexity index is 878. The third-order valence-electron chi connectivity index (χ3n) is 4.20. The highest BCUT2D eigenvalue weighted by atomic mass is 16.5. The van der Waals surface area contributed by atoms with Gasteiger partial charge < -0.3 is 15.4 Å². The summed E-state index contributed by atoms with van der Waals surface area (Å²) in [6.07, 6.45) is 0.476. The van der Waals surface area contributed by atoms with Crippen molar-refractivity contribution in [3.05, 3.63) is 38.4 Å². The van der Waals surface area contributed by atoms with Gasteiger partial charge in [0.05, 0.1) is 36.2 Å². The van der Waals surface area contributed by atoms with Crippen LogP contribution in [0.1, 0.15) is 37.1 Å². The van der Waals surface area contributed by atoms with Gasteiger partial charge in [0.1, 0.15) is 11.6 Å². The van der Waals surface area contributed by atoms with E-state index in [1.807, 2.05) is 13.0 Å². The number of amides is 2. The molecule has 1 aliphatic heterocycles. The number of aryl methyl sites for hydroxylation is 1. The van der Waals surface area contributed by atoms with E-state index in [-0.39, 0.29) is 30.0 Å². The molecule has 0 saturated heterocycles. The number of ether oxygens (including phenoxy) is 1. The van der Waals surface area contributed by atoms with Crippen molar-refractivity contribution < 1.29 is 14.3 Å². The maximum atomic E-state index is 12.5. The second kappa shape index (κ2) is 7.82. The highest BCUT2D eigenvalue weighted by Gasteiger charge is 2.32. The number of allylic oxidation sites excluding steroid dienone is 1. The minimum Gasteiger partial charge on any atom is -0.463 e. The lowest BCUT2D eigenvalue weighted by Crippen LogP contribution is -2.51. The van der Waals surface area contributed by atoms with Crippen molar-refractivity contribution in [3.63, 3.8) is 0 Å². The minimum absolute atomic E-state index is 0.0110. The summed E-state index contributed by atoms with van der Waals surface area (Å²) in [4.78, 5) is 36.8. The Morgan fingerprint density at radius 1 is 1.35 bits per heavy atom. The molecule has 2 amide bonds. The predicted octanol–water partition coefficient (Wildman–Crippen LogP) is 0.640. The fourth-order valence-electron chi connectivity index (χ4n) is 2.75. The molecule has 2 N–H and O–H groups in total. The first-order chi connectivity index (χ1) is 12.3. The fraction of sp³-hybridized carbons (Fsp3) is 0.471. The molecule has 0 aromatic carbocycles. The van der Waals surface area contributed by atoms with E-state index in [0.717, 1.165) is 4.68 Å². The van der Waals surface area contributed by atoms with Gasteiger partial charge in [-0.15, -0.1) is 0 Å². The number of nitriles is 1. The summed E-state index contributed by atoms with van der Waals surface area (Å²) in [5.74, 6) is -0.570. The van der Waals surface area contributed by atoms with Gasteiger partial charge in [0.2, 0.25) is 0 Å². The third-order valence-corrected chi connectivity index (χ3v) is 4.20. The quantitative estimate of drug-likeness (QED) is 0.743. The van der Waals surface area contributed by atoms with Crippen LogP contribution in [0, 0.1) is 25.2 Å². The second-order valence-corrected chi connectivity index (χ2v) is 5.83. The number of carbonyl (C=O) groups excluding carboxylic acids is 2. The normalized spacial score (nSPS) is 16.6. The number of nitrogens with one attached hydrogen (secondary N) is 2. The van der Waals surface area contributed by atoms with Gasteiger partial charge in [0.25, 0.3) is 5.56 Å². The van der Waals surface area contributed by atoms with Gasteiger partial charge in [-0.3, -0.25) is 4.79 Å². The molecule has 138 valence electrons. The molecule has 9 heteroatoms. The molecule has 1 aliphatic rings. The zero-order chi connectivity index (χ0) is 19.4. The standard InChI is InChI=1S/C17H21N5O4/c1-5-12-14(16(24)26-6-2)13(20-17(25)19-12)8-22-15(23)11(7-18)9(3)10(4)21-22/h12H,5-6,8H2,1-4H3,(H2,19,20,25)/t12-/m1/s1. The van der Waals surface area contributed by atoms with E-state index in [9.17, 15) is 19.6 Å². The number of aromatic nitrogens is 2. The molecule has 0 unspecified atom stereocenters. The lowest BCUT2D eigenvalue weighted by atomic mass is 10.00. The SMILES string of the molecule is CCOC(=O)C1=C(Cn2nc(C)c(C)c(C#N)c2=O)NC(=O)N[C@@H]1CC. The van der Waals surface area contributed by atoms with Crippen LogP contribution in [-0.2, 0) is 16.1 Å². The van der Waals surface area contributed by atoms with Crippen molar-refractivity contribution in [2.24, 2.45) is 0 Å². The molecule has 26 heavy (non-hydrogen) atoms. The number of hydrogen-bond donors (Lipinski definition) is 2. The van der Waals surface area contributed by atoms with Crippen LogP contribution >= 0.6 is 0 Å². The first-order valence-corrected chi connectivity index (χ1v) is 8.30. The van der Waals surface area contributed by atoms with Crippen LogP contribution in [-0.4, -0.2) is 34.4 Å². The molecule has 0 radical (unpaired) electrons. The Morgan fingerprint density at radius 2 is 2.04 bits per heavy atom. The number of nitrogens with zero attached hydrogens (tertiary/aromatic N) is 3. The minimum atomic E-state index is -0.577. The van der Waals surface area contributed by atoms with Crippen LogP contribution in [0.3, 0.4) is 0 Å². The van der Waals surface area contributed by atoms with Crippen molar-refractivity contribution in [1.29, 1.82) is 5.26 Å². The van der Waals surface area contributed by atoms with E-state index in [0.29, 0.717) is 17.7 Å². The molecule has 0 fully saturated rings. The molecule has 0 saturated carbocycles. The summed E-state index contributed by atoms with van der Waals surface area (Å²) in [5.41, 5.74) is 0.927. The van der Waals surface area contributed by atoms with Gasteiger partial charge in [-0.2, -0.15) is 10.4 Å². The molecule has 0 aliphatic carbocycles. The molecule has 1 aromatic rings. The molecule has 0 bridgehead atoms. The Labute approximate surface area is 150 Å². The average Bonchev–Trinajstić information content (AvgIpc) is 2.59. The molecule has 9 nitrogen and oxygen atoms in total. The molecule has 1 aromatic heterocycles. The van der Waals surface area contributed by atoms with E-state index in [4.69, 9.17) is 4.74 Å². The highest BCUT2D eigenvalue weighted by molar-refractivity contribution is 5.94. The average molecular weight is 359 g/mol. The zero-order valence-electron chi connectivity index (χ0n) is 15.2. The Hall–Kier alpha value is -3.15. The number of urea groups is 1. The zero-order valence-corrected chi connectivity index (χ0v) is 15.2. The summed E-state index contributed by atoms with van der Waals surface area (Å²) < 4.78 is 6.16. The molecular weight excluding hydrogens is 338 g/mol. The Kier molecular flexibility index (Phi) is 5.77. The van der Waals surface area contributed by atoms with Crippen LogP contribution in [0.5, 0.6) is 0 Å². The van der Waals surface area contributed by atoms with E-state index in [2.05, 4.69) is 15.7 Å². The smallest absolute Gasteiger partial charge is 0.337 e. The third kappa shape index (κ3) is 3.59. The van der Waals surface area contributed by atoms with E-state index in [1.165, 1.54) is 0 Å². The maximum absolute atomic E-state index is 12.5. The summed E-state index contributed by atoms with van der Waals surface area (Å²) >= 11 is 0. The molecule has 2 heterocycles. The largest absolute Gasteiger partial charge is 0.463 e. The van der Waals surface area contributed by atoms with Crippen LogP contribution in [0.2, 0.25) is 0 Å². The van der Waals surface area contributed by atoms with Gasteiger partial charge in [-0.1, -0.05) is 6.92 Å². The van der Waals surface area contributed by atoms with Crippen molar-refractivity contribution in [2.75, 3.05) is 6.61 Å². The Morgan fingerprint density at radius 3 is 2.62 bits per heavy atom. The first-order valence-electron chi connectivity index (χ1n) is 8.30. The van der Waals surface area contributed by atoms with Gasteiger partial charge in [0, 0.05) is 0 Å². The number of carbonyl (C=O) groups is 2. The van der Waals surface area contributed by atoms with Crippen LogP contribution in [0.25, 0.3) is 0 Å². The Balaban J connectivity index is 2.58. The second-order valence-electron chi connectivity index (χ2n) is 5.83. The maximum Gasteiger partial charge on any atom is 0.337 e. The van der Waals surface area contributed by atoms with Gasteiger partial charge in [-0.05, 0) is 32.8 Å². The number of rotatable bonds is 5. The van der Waals surface area contributed by atoms with Gasteiger partial charge >= 0.3 is 12.0 Å². The molecular formula is C17H21N5O4. The summed E-state index contributed by atoms with van der Waals surface area (Å²) in [5, 5.41) is 18.6. The number of hydrogen-bond acceptors (Lipinski definition) is 6. The monoisotopic (exact) mass is 359 g/mol. The summed E-state index contributed by atoms with van der Waals surface area (Å²) in [6, 6.07) is 0.878. The summed E-state index contributed by atoms with van der Waals surface area (Å²) in [6.45, 7) is 6.87. The van der Waals surface area contributed by atoms with E-state index < -0.39 is 23.6 Å². The topological polar surface area (TPSA) is 126 Å². The molecule has 0 spiro atoms. The predicted molar refractivity (Wildman–Crippen MR) is 92.1 cm³/mol. The van der Waals surface area contributed by atoms with Crippen LogP contribution in [0.4, 0.5) is 4.79 Å². The van der Waals surface area contributed by atoms with Gasteiger partial charge in [-0.25, -0.2) is 14.3 Å². The van der Waals surface area contributed by atoms with Crippen LogP contribution < -0.4 is 16.2 Å². The number of esters is 1. The highest BCUT2D eigenvalue weighted by Crippen LogP contribution is 2.18. The van der Waals surface area contributed by atoms with Gasteiger partial charge in [0.15, 0.2) is 0 Å². The lowest BCUT2D eigenvalue weighted by Gasteiger charge is -2.28. The van der Waals surface area contributed by atoms with E-state index in [1.54, 1.807) is 20.8 Å². The summed E-state index contributed by atoms with van der Waals surface area (Å²) in [7, 11) is 0. The molecule has 2 rings (SSSR count). The van der Waals surface area contributed by atoms with Crippen molar-refractivity contribution >= 4 is 12.0 Å². The lowest BCUT2D eigenvalue weighted by molar-refractivity contribution is -0.139. The van der Waals surface area contributed by atoms with Crippen molar-refractivity contribution in [1.82, 2.24) is 20.4 Å². The van der Waals surface area contributed by atoms with E-state index >= 15 is 0 Å². The van der Waals surface area contributed by atoms with Crippen molar-refractivity contribution in [2.45, 2.75) is 46.7 Å². The fourth-order valence-corrected chi connectivity index (χ4v) is 2.75. The first kappa shape index (κ1) is 19.2. The van der Waals surface area contributed by atoms with Crippen LogP contribution in [0.15, 0.2) is 16.1 Å². The molecule has 1 atom stereocenters. The van der Waals surface area contributed by atoms with Crippen molar-refractivity contribution in [3.8, 4) is 6.07 Å².